The molecule has 0 saturated heterocycles. The molecule has 0 spiro atoms. The number of hydrogen-bond acceptors (Lipinski definition) is 5. The summed E-state index contributed by atoms with van der Waals surface area (Å²) < 4.78 is 9.81. The minimum Gasteiger partial charge on any atom is -0.504 e. The van der Waals surface area contributed by atoms with Gasteiger partial charge in [-0.05, 0) is 6.07 Å². The third kappa shape index (κ3) is 4.40. The first-order chi connectivity index (χ1) is 8.19. The standard InChI is InChI=1S/C11H16ClNO4/c1-15-3-4-17-13-7-8-5-9(12)6-10(16-2)11(8)14/h5-6,13-14H,3-4,7H2,1-2H3. The summed E-state index contributed by atoms with van der Waals surface area (Å²) in [6.07, 6.45) is 0. The van der Waals surface area contributed by atoms with Crippen LogP contribution in [0, 0.1) is 0 Å². The van der Waals surface area contributed by atoms with Crippen LogP contribution in [0.1, 0.15) is 5.56 Å². The highest BCUT2D eigenvalue weighted by atomic mass is 35.5. The Morgan fingerprint density at radius 3 is 2.71 bits per heavy atom. The predicted molar refractivity (Wildman–Crippen MR) is 64.3 cm³/mol. The molecule has 0 aromatic heterocycles. The monoisotopic (exact) mass is 261 g/mol. The third-order valence-electron chi connectivity index (χ3n) is 2.09. The Morgan fingerprint density at radius 2 is 2.06 bits per heavy atom. The second kappa shape index (κ2) is 7.34. The Labute approximate surface area is 105 Å². The first-order valence-electron chi connectivity index (χ1n) is 5.08. The Morgan fingerprint density at radius 1 is 1.29 bits per heavy atom. The van der Waals surface area contributed by atoms with Gasteiger partial charge in [0.2, 0.25) is 0 Å². The second-order valence-corrected chi connectivity index (χ2v) is 3.71. The summed E-state index contributed by atoms with van der Waals surface area (Å²) in [5.41, 5.74) is 3.31. The number of ether oxygens (including phenoxy) is 2. The highest BCUT2D eigenvalue weighted by Gasteiger charge is 2.09. The smallest absolute Gasteiger partial charge is 0.162 e. The minimum atomic E-state index is 0.0553. The molecule has 0 atom stereocenters. The zero-order chi connectivity index (χ0) is 12.7. The number of hydrogen-bond donors (Lipinski definition) is 2. The van der Waals surface area contributed by atoms with E-state index in [2.05, 4.69) is 5.48 Å². The van der Waals surface area contributed by atoms with Gasteiger partial charge in [-0.3, -0.25) is 4.84 Å². The number of methoxy groups -OCH3 is 2. The lowest BCUT2D eigenvalue weighted by Crippen LogP contribution is -2.17. The predicted octanol–water partition coefficient (Wildman–Crippen LogP) is 1.72. The maximum atomic E-state index is 9.81. The van der Waals surface area contributed by atoms with Crippen molar-refractivity contribution in [2.45, 2.75) is 6.54 Å². The molecule has 0 fully saturated rings. The second-order valence-electron chi connectivity index (χ2n) is 3.28. The summed E-state index contributed by atoms with van der Waals surface area (Å²) in [5, 5.41) is 10.3. The lowest BCUT2D eigenvalue weighted by atomic mass is 10.2. The maximum absolute atomic E-state index is 9.81. The van der Waals surface area contributed by atoms with Crippen LogP contribution in [0.3, 0.4) is 0 Å². The fraction of sp³-hybridized carbons (Fsp3) is 0.455. The summed E-state index contributed by atoms with van der Waals surface area (Å²) >= 11 is 5.88. The summed E-state index contributed by atoms with van der Waals surface area (Å²) in [5.74, 6) is 0.394. The largest absolute Gasteiger partial charge is 0.504 e. The highest BCUT2D eigenvalue weighted by Crippen LogP contribution is 2.33. The Hall–Kier alpha value is -1.01. The van der Waals surface area contributed by atoms with E-state index in [9.17, 15) is 5.11 Å². The van der Waals surface area contributed by atoms with Crippen molar-refractivity contribution in [2.75, 3.05) is 27.4 Å². The van der Waals surface area contributed by atoms with Crippen LogP contribution >= 0.6 is 11.6 Å². The van der Waals surface area contributed by atoms with E-state index >= 15 is 0 Å². The number of aromatic hydroxyl groups is 1. The van der Waals surface area contributed by atoms with E-state index in [0.717, 1.165) is 0 Å². The molecule has 0 radical (unpaired) electrons. The summed E-state index contributed by atoms with van der Waals surface area (Å²) in [7, 11) is 3.06. The van der Waals surface area contributed by atoms with Crippen LogP contribution in [0.25, 0.3) is 0 Å². The van der Waals surface area contributed by atoms with Crippen molar-refractivity contribution in [1.82, 2.24) is 5.48 Å². The Kier molecular flexibility index (Phi) is 6.07. The quantitative estimate of drug-likeness (QED) is 0.578. The zero-order valence-electron chi connectivity index (χ0n) is 9.83. The number of rotatable bonds is 7. The number of hydroxylamine groups is 1. The zero-order valence-corrected chi connectivity index (χ0v) is 10.6. The van der Waals surface area contributed by atoms with Crippen molar-refractivity contribution in [3.05, 3.63) is 22.7 Å². The first kappa shape index (κ1) is 14.1. The number of phenolic OH excluding ortho intramolecular Hbond substituents is 1. The van der Waals surface area contributed by atoms with Gasteiger partial charge < -0.3 is 14.6 Å². The van der Waals surface area contributed by atoms with Crippen molar-refractivity contribution >= 4 is 11.6 Å². The molecular formula is C11H16ClNO4. The van der Waals surface area contributed by atoms with Gasteiger partial charge in [-0.1, -0.05) is 11.6 Å². The van der Waals surface area contributed by atoms with Gasteiger partial charge in [0.1, 0.15) is 0 Å². The van der Waals surface area contributed by atoms with Gasteiger partial charge in [0.25, 0.3) is 0 Å². The van der Waals surface area contributed by atoms with Gasteiger partial charge in [0.15, 0.2) is 11.5 Å². The van der Waals surface area contributed by atoms with E-state index in [1.807, 2.05) is 0 Å². The lowest BCUT2D eigenvalue weighted by Gasteiger charge is -2.10. The number of halogens is 1. The first-order valence-corrected chi connectivity index (χ1v) is 5.45. The molecule has 0 heterocycles. The molecule has 0 amide bonds. The average molecular weight is 262 g/mol. The van der Waals surface area contributed by atoms with Crippen molar-refractivity contribution in [1.29, 1.82) is 0 Å². The fourth-order valence-corrected chi connectivity index (χ4v) is 1.48. The van der Waals surface area contributed by atoms with E-state index in [-0.39, 0.29) is 5.75 Å². The van der Waals surface area contributed by atoms with Gasteiger partial charge >= 0.3 is 0 Å². The van der Waals surface area contributed by atoms with Crippen molar-refractivity contribution < 1.29 is 19.4 Å². The summed E-state index contributed by atoms with van der Waals surface area (Å²) in [6.45, 7) is 1.25. The molecule has 1 aromatic carbocycles. The normalized spacial score (nSPS) is 10.5. The van der Waals surface area contributed by atoms with Crippen LogP contribution in [0.15, 0.2) is 12.1 Å². The molecule has 1 rings (SSSR count). The van der Waals surface area contributed by atoms with Crippen LogP contribution in [-0.4, -0.2) is 32.5 Å². The van der Waals surface area contributed by atoms with Gasteiger partial charge in [0.05, 0.1) is 20.3 Å². The molecular weight excluding hydrogens is 246 g/mol. The van der Waals surface area contributed by atoms with Crippen molar-refractivity contribution in [3.8, 4) is 11.5 Å². The van der Waals surface area contributed by atoms with Gasteiger partial charge in [0, 0.05) is 30.3 Å². The number of benzene rings is 1. The van der Waals surface area contributed by atoms with E-state index in [1.54, 1.807) is 19.2 Å². The highest BCUT2D eigenvalue weighted by molar-refractivity contribution is 6.30. The van der Waals surface area contributed by atoms with Crippen LogP contribution in [0.2, 0.25) is 5.02 Å². The van der Waals surface area contributed by atoms with Gasteiger partial charge in [-0.15, -0.1) is 0 Å². The van der Waals surface area contributed by atoms with Crippen LogP contribution in [-0.2, 0) is 16.1 Å². The number of nitrogens with one attached hydrogen (secondary N) is 1. The SMILES string of the molecule is COCCONCc1cc(Cl)cc(OC)c1O. The average Bonchev–Trinajstić information content (AvgIpc) is 2.32. The molecule has 96 valence electrons. The number of phenols is 1. The Balaban J connectivity index is 2.55. The molecule has 2 N–H and O–H groups in total. The Bertz CT molecular complexity index is 360. The summed E-state index contributed by atoms with van der Waals surface area (Å²) in [6, 6.07) is 3.19. The fourth-order valence-electron chi connectivity index (χ4n) is 1.24. The van der Waals surface area contributed by atoms with Gasteiger partial charge in [-0.2, -0.15) is 5.48 Å². The van der Waals surface area contributed by atoms with Crippen LogP contribution in [0.5, 0.6) is 11.5 Å². The van der Waals surface area contributed by atoms with Crippen LogP contribution in [0.4, 0.5) is 0 Å². The van der Waals surface area contributed by atoms with E-state index in [0.29, 0.717) is 36.1 Å². The lowest BCUT2D eigenvalue weighted by molar-refractivity contribution is 0.00319. The van der Waals surface area contributed by atoms with Crippen molar-refractivity contribution in [3.63, 3.8) is 0 Å². The molecule has 17 heavy (non-hydrogen) atoms. The molecule has 6 heteroatoms. The molecule has 0 bridgehead atoms. The van der Waals surface area contributed by atoms with Crippen molar-refractivity contribution in [2.24, 2.45) is 0 Å². The topological polar surface area (TPSA) is 60.0 Å². The summed E-state index contributed by atoms with van der Waals surface area (Å²) in [4.78, 5) is 5.08. The van der Waals surface area contributed by atoms with E-state index < -0.39 is 0 Å². The molecule has 0 unspecified atom stereocenters. The molecule has 0 saturated carbocycles. The molecule has 1 aromatic rings. The molecule has 0 aliphatic rings. The minimum absolute atomic E-state index is 0.0553. The maximum Gasteiger partial charge on any atom is 0.162 e. The molecule has 0 aliphatic carbocycles. The van der Waals surface area contributed by atoms with Gasteiger partial charge in [-0.25, -0.2) is 0 Å². The molecule has 0 aliphatic heterocycles. The third-order valence-corrected chi connectivity index (χ3v) is 2.31. The molecule has 5 nitrogen and oxygen atoms in total. The van der Waals surface area contributed by atoms with Crippen LogP contribution < -0.4 is 10.2 Å². The van der Waals surface area contributed by atoms with E-state index in [1.165, 1.54) is 7.11 Å². The van der Waals surface area contributed by atoms with E-state index in [4.69, 9.17) is 25.9 Å².